The van der Waals surface area contributed by atoms with Crippen molar-refractivity contribution >= 4 is 17.5 Å². The summed E-state index contributed by atoms with van der Waals surface area (Å²) in [5.41, 5.74) is 5.30. The maximum Gasteiger partial charge on any atom is 0.243 e. The average Bonchev–Trinajstić information content (AvgIpc) is 2.71. The first-order valence-corrected chi connectivity index (χ1v) is 10.6. The third-order valence-corrected chi connectivity index (χ3v) is 5.44. The van der Waals surface area contributed by atoms with Crippen molar-refractivity contribution in [1.82, 2.24) is 10.2 Å². The molecule has 0 radical (unpaired) electrons. The molecule has 0 heterocycles. The van der Waals surface area contributed by atoms with E-state index in [2.05, 4.69) is 55.7 Å². The Morgan fingerprint density at radius 1 is 1.00 bits per heavy atom. The van der Waals surface area contributed by atoms with Gasteiger partial charge in [0.2, 0.25) is 11.8 Å². The summed E-state index contributed by atoms with van der Waals surface area (Å²) in [5.74, 6) is 0.0317. The number of hydrogen-bond acceptors (Lipinski definition) is 3. The van der Waals surface area contributed by atoms with Gasteiger partial charge in [0.15, 0.2) is 0 Å². The molecule has 30 heavy (non-hydrogen) atoms. The van der Waals surface area contributed by atoms with Gasteiger partial charge < -0.3 is 15.5 Å². The number of rotatable bonds is 9. The zero-order valence-electron chi connectivity index (χ0n) is 19.1. The van der Waals surface area contributed by atoms with Gasteiger partial charge in [0.05, 0.1) is 13.1 Å². The lowest BCUT2D eigenvalue weighted by atomic mass is 9.95. The van der Waals surface area contributed by atoms with E-state index in [0.29, 0.717) is 5.92 Å². The molecule has 1 atom stereocenters. The van der Waals surface area contributed by atoms with Crippen LogP contribution in [0.25, 0.3) is 0 Å². The Bertz CT molecular complexity index is 839. The van der Waals surface area contributed by atoms with Crippen LogP contribution in [0.3, 0.4) is 0 Å². The fourth-order valence-electron chi connectivity index (χ4n) is 3.53. The van der Waals surface area contributed by atoms with Crippen LogP contribution in [0.1, 0.15) is 49.1 Å². The lowest BCUT2D eigenvalue weighted by molar-refractivity contribution is -0.132. The van der Waals surface area contributed by atoms with Gasteiger partial charge in [0, 0.05) is 18.8 Å². The average molecular weight is 410 g/mol. The highest BCUT2D eigenvalue weighted by atomic mass is 16.2. The predicted molar refractivity (Wildman–Crippen MR) is 124 cm³/mol. The molecule has 0 saturated heterocycles. The molecule has 0 saturated carbocycles. The second kappa shape index (κ2) is 10.9. The van der Waals surface area contributed by atoms with E-state index in [1.165, 1.54) is 16.0 Å². The molecule has 0 unspecified atom stereocenters. The lowest BCUT2D eigenvalue weighted by Gasteiger charge is -2.25. The zero-order valence-corrected chi connectivity index (χ0v) is 19.1. The van der Waals surface area contributed by atoms with Crippen LogP contribution < -0.4 is 10.6 Å². The smallest absolute Gasteiger partial charge is 0.243 e. The first-order chi connectivity index (χ1) is 14.2. The monoisotopic (exact) mass is 409 g/mol. The van der Waals surface area contributed by atoms with Crippen LogP contribution in [0, 0.1) is 19.8 Å². The molecule has 0 aliphatic carbocycles. The summed E-state index contributed by atoms with van der Waals surface area (Å²) in [6.45, 7) is 10.5. The summed E-state index contributed by atoms with van der Waals surface area (Å²) < 4.78 is 0. The Labute approximate surface area is 180 Å². The summed E-state index contributed by atoms with van der Waals surface area (Å²) in [6.07, 6.45) is 1.01. The first-order valence-electron chi connectivity index (χ1n) is 10.6. The number of nitrogens with one attached hydrogen (secondary N) is 2. The van der Waals surface area contributed by atoms with Gasteiger partial charge in [-0.3, -0.25) is 9.59 Å². The molecule has 2 amide bonds. The van der Waals surface area contributed by atoms with Crippen LogP contribution in [0.4, 0.5) is 5.69 Å². The fourth-order valence-corrected chi connectivity index (χ4v) is 3.53. The maximum atomic E-state index is 12.6. The second-order valence-corrected chi connectivity index (χ2v) is 8.26. The molecule has 5 nitrogen and oxygen atoms in total. The standard InChI is InChI=1S/C25H35N3O2/c1-7-20-11-13-21(14-12-20)24(17(2)3)26-15-23(30)28(6)16-22(29)27-25-18(4)9-8-10-19(25)5/h8-14,17,24,26H,7,15-16H2,1-6H3,(H,27,29)/t24-/m0/s1. The van der Waals surface area contributed by atoms with Gasteiger partial charge in [0.25, 0.3) is 0 Å². The molecule has 5 heteroatoms. The Hall–Kier alpha value is -2.66. The molecule has 2 aromatic rings. The van der Waals surface area contributed by atoms with Gasteiger partial charge in [-0.1, -0.05) is 63.2 Å². The van der Waals surface area contributed by atoms with E-state index in [-0.39, 0.29) is 30.9 Å². The third-order valence-electron chi connectivity index (χ3n) is 5.44. The van der Waals surface area contributed by atoms with Crippen LogP contribution in [0.15, 0.2) is 42.5 Å². The maximum absolute atomic E-state index is 12.6. The third kappa shape index (κ3) is 6.42. The number of carbonyl (C=O) groups excluding carboxylic acids is 2. The van der Waals surface area contributed by atoms with E-state index in [1.54, 1.807) is 7.05 Å². The number of hydrogen-bond donors (Lipinski definition) is 2. The van der Waals surface area contributed by atoms with Crippen molar-refractivity contribution in [3.8, 4) is 0 Å². The summed E-state index contributed by atoms with van der Waals surface area (Å²) in [6, 6.07) is 14.5. The van der Waals surface area contributed by atoms with Gasteiger partial charge in [-0.05, 0) is 48.4 Å². The number of carbonyl (C=O) groups is 2. The number of aryl methyl sites for hydroxylation is 3. The molecule has 0 spiro atoms. The minimum Gasteiger partial charge on any atom is -0.335 e. The van der Waals surface area contributed by atoms with Crippen LogP contribution in [0.5, 0.6) is 0 Å². The normalized spacial score (nSPS) is 12.0. The van der Waals surface area contributed by atoms with Crippen molar-refractivity contribution in [1.29, 1.82) is 0 Å². The number of nitrogens with zero attached hydrogens (tertiary/aromatic N) is 1. The van der Waals surface area contributed by atoms with E-state index < -0.39 is 0 Å². The van der Waals surface area contributed by atoms with Gasteiger partial charge >= 0.3 is 0 Å². The molecule has 162 valence electrons. The van der Waals surface area contributed by atoms with Crippen molar-refractivity contribution in [2.75, 3.05) is 25.5 Å². The summed E-state index contributed by atoms with van der Waals surface area (Å²) >= 11 is 0. The largest absolute Gasteiger partial charge is 0.335 e. The molecule has 2 rings (SSSR count). The molecule has 2 N–H and O–H groups in total. The van der Waals surface area contributed by atoms with Crippen molar-refractivity contribution < 1.29 is 9.59 Å². The van der Waals surface area contributed by atoms with Crippen molar-refractivity contribution in [2.45, 2.75) is 47.1 Å². The Morgan fingerprint density at radius 3 is 2.13 bits per heavy atom. The highest BCUT2D eigenvalue weighted by molar-refractivity contribution is 5.95. The summed E-state index contributed by atoms with van der Waals surface area (Å²) in [7, 11) is 1.66. The van der Waals surface area contributed by atoms with Gasteiger partial charge in [0.1, 0.15) is 0 Å². The minimum atomic E-state index is -0.196. The summed E-state index contributed by atoms with van der Waals surface area (Å²) in [4.78, 5) is 26.5. The molecule has 2 aromatic carbocycles. The number of amides is 2. The Balaban J connectivity index is 1.92. The van der Waals surface area contributed by atoms with E-state index >= 15 is 0 Å². The van der Waals surface area contributed by atoms with Gasteiger partial charge in [-0.15, -0.1) is 0 Å². The van der Waals surface area contributed by atoms with Crippen molar-refractivity contribution in [2.24, 2.45) is 5.92 Å². The number of likely N-dealkylation sites (N-methyl/N-ethyl adjacent to an activating group) is 1. The van der Waals surface area contributed by atoms with Crippen molar-refractivity contribution in [3.63, 3.8) is 0 Å². The van der Waals surface area contributed by atoms with E-state index in [0.717, 1.165) is 23.2 Å². The van der Waals surface area contributed by atoms with E-state index in [1.807, 2.05) is 32.0 Å². The molecular weight excluding hydrogens is 374 g/mol. The van der Waals surface area contributed by atoms with Crippen LogP contribution in [-0.2, 0) is 16.0 Å². The van der Waals surface area contributed by atoms with Gasteiger partial charge in [-0.2, -0.15) is 0 Å². The number of benzene rings is 2. The van der Waals surface area contributed by atoms with Crippen molar-refractivity contribution in [3.05, 3.63) is 64.7 Å². The quantitative estimate of drug-likeness (QED) is 0.651. The van der Waals surface area contributed by atoms with Gasteiger partial charge in [-0.25, -0.2) is 0 Å². The topological polar surface area (TPSA) is 61.4 Å². The number of para-hydroxylation sites is 1. The van der Waals surface area contributed by atoms with E-state index in [4.69, 9.17) is 0 Å². The number of anilines is 1. The SMILES string of the molecule is CCc1ccc([C@@H](NCC(=O)N(C)CC(=O)Nc2c(C)cccc2C)C(C)C)cc1. The minimum absolute atomic E-state index is 0.0197. The Morgan fingerprint density at radius 2 is 1.60 bits per heavy atom. The van der Waals surface area contributed by atoms with E-state index in [9.17, 15) is 9.59 Å². The highest BCUT2D eigenvalue weighted by Crippen LogP contribution is 2.22. The molecule has 0 bridgehead atoms. The Kier molecular flexibility index (Phi) is 8.60. The zero-order chi connectivity index (χ0) is 22.3. The molecule has 0 aromatic heterocycles. The summed E-state index contributed by atoms with van der Waals surface area (Å²) in [5, 5.41) is 6.30. The first kappa shape index (κ1) is 23.6. The van der Waals surface area contributed by atoms with Crippen LogP contribution in [-0.4, -0.2) is 36.9 Å². The fraction of sp³-hybridized carbons (Fsp3) is 0.440. The predicted octanol–water partition coefficient (Wildman–Crippen LogP) is 4.25. The van der Waals surface area contributed by atoms with Crippen LogP contribution in [0.2, 0.25) is 0 Å². The second-order valence-electron chi connectivity index (χ2n) is 8.26. The highest BCUT2D eigenvalue weighted by Gasteiger charge is 2.19. The van der Waals surface area contributed by atoms with Crippen LogP contribution >= 0.6 is 0 Å². The molecule has 0 aliphatic rings. The lowest BCUT2D eigenvalue weighted by Crippen LogP contribution is -2.41. The molecule has 0 aliphatic heterocycles. The molecular formula is C25H35N3O2. The molecule has 0 fully saturated rings.